The van der Waals surface area contributed by atoms with Crippen molar-refractivity contribution in [3.05, 3.63) is 34.9 Å². The van der Waals surface area contributed by atoms with Crippen LogP contribution in [0.15, 0.2) is 18.2 Å². The highest BCUT2D eigenvalue weighted by Crippen LogP contribution is 2.58. The van der Waals surface area contributed by atoms with Crippen LogP contribution < -0.4 is 5.32 Å². The summed E-state index contributed by atoms with van der Waals surface area (Å²) in [6.45, 7) is 4.76. The molecular weight excluding hydrogens is 316 g/mol. The van der Waals surface area contributed by atoms with Gasteiger partial charge in [0.05, 0.1) is 19.3 Å². The van der Waals surface area contributed by atoms with Gasteiger partial charge in [0, 0.05) is 31.7 Å². The molecule has 25 heavy (non-hydrogen) atoms. The second-order valence-corrected chi connectivity index (χ2v) is 7.65. The van der Waals surface area contributed by atoms with E-state index < -0.39 is 0 Å². The molecule has 0 aromatic heterocycles. The molecule has 5 nitrogen and oxygen atoms in total. The molecule has 0 bridgehead atoms. The molecule has 2 saturated carbocycles. The molecule has 3 aliphatic rings. The number of nitrogens with one attached hydrogen (secondary N) is 1. The second-order valence-electron chi connectivity index (χ2n) is 7.65. The lowest BCUT2D eigenvalue weighted by Gasteiger charge is -2.63. The number of urea groups is 1. The summed E-state index contributed by atoms with van der Waals surface area (Å²) in [6, 6.07) is 6.66. The molecule has 4 rings (SSSR count). The fourth-order valence-corrected chi connectivity index (χ4v) is 4.72. The molecule has 136 valence electrons. The average molecular weight is 344 g/mol. The molecule has 0 saturated heterocycles. The SMILES string of the molecule is CCOC1CC(N(C)C(=O)NCc2ccc3c(c2)COC3)C12CCC2. The third-order valence-electron chi connectivity index (χ3n) is 6.41. The van der Waals surface area contributed by atoms with E-state index in [1.165, 1.54) is 30.4 Å². The standard InChI is InChI=1S/C20H28N2O3/c1-3-25-18-10-17(20(18)7-4-8-20)22(2)19(23)21-11-14-5-6-15-12-24-13-16(15)9-14/h5-6,9,17-18H,3-4,7-8,10-13H2,1-2H3,(H,21,23). The van der Waals surface area contributed by atoms with Crippen molar-refractivity contribution >= 4 is 6.03 Å². The van der Waals surface area contributed by atoms with Gasteiger partial charge < -0.3 is 19.7 Å². The van der Waals surface area contributed by atoms with Gasteiger partial charge in [0.1, 0.15) is 0 Å². The number of fused-ring (bicyclic) bond motifs is 1. The molecule has 5 heteroatoms. The lowest BCUT2D eigenvalue weighted by Crippen LogP contribution is -2.68. The van der Waals surface area contributed by atoms with Crippen LogP contribution in [-0.2, 0) is 29.2 Å². The van der Waals surface area contributed by atoms with E-state index in [0.717, 1.165) is 18.6 Å². The van der Waals surface area contributed by atoms with Gasteiger partial charge in [-0.1, -0.05) is 24.6 Å². The number of rotatable bonds is 5. The van der Waals surface area contributed by atoms with Crippen LogP contribution in [0.3, 0.4) is 0 Å². The van der Waals surface area contributed by atoms with Gasteiger partial charge >= 0.3 is 6.03 Å². The van der Waals surface area contributed by atoms with Crippen LogP contribution in [0, 0.1) is 5.41 Å². The summed E-state index contributed by atoms with van der Waals surface area (Å²) in [6.07, 6.45) is 4.93. The lowest BCUT2D eigenvalue weighted by molar-refractivity contribution is -0.191. The maximum atomic E-state index is 12.6. The Labute approximate surface area is 149 Å². The largest absolute Gasteiger partial charge is 0.378 e. The van der Waals surface area contributed by atoms with Crippen LogP contribution in [0.2, 0.25) is 0 Å². The minimum Gasteiger partial charge on any atom is -0.378 e. The molecule has 2 unspecified atom stereocenters. The Morgan fingerprint density at radius 1 is 1.36 bits per heavy atom. The number of nitrogens with zero attached hydrogens (tertiary/aromatic N) is 1. The molecule has 2 atom stereocenters. The van der Waals surface area contributed by atoms with Gasteiger partial charge in [0.15, 0.2) is 0 Å². The van der Waals surface area contributed by atoms with E-state index in [2.05, 4.69) is 30.4 Å². The fraction of sp³-hybridized carbons (Fsp3) is 0.650. The highest BCUT2D eigenvalue weighted by Gasteiger charge is 2.60. The minimum absolute atomic E-state index is 0.0166. The van der Waals surface area contributed by atoms with Crippen LogP contribution in [0.1, 0.15) is 49.3 Å². The third kappa shape index (κ3) is 2.83. The number of amides is 2. The first kappa shape index (κ1) is 16.9. The van der Waals surface area contributed by atoms with Gasteiger partial charge in [-0.3, -0.25) is 0 Å². The zero-order chi connectivity index (χ0) is 17.4. The van der Waals surface area contributed by atoms with E-state index in [-0.39, 0.29) is 11.4 Å². The van der Waals surface area contributed by atoms with Gasteiger partial charge in [0.25, 0.3) is 0 Å². The molecule has 1 N–H and O–H groups in total. The van der Waals surface area contributed by atoms with Crippen LogP contribution >= 0.6 is 0 Å². The predicted molar refractivity (Wildman–Crippen MR) is 95.0 cm³/mol. The molecule has 0 radical (unpaired) electrons. The van der Waals surface area contributed by atoms with Crippen molar-refractivity contribution in [2.75, 3.05) is 13.7 Å². The minimum atomic E-state index is 0.0166. The smallest absolute Gasteiger partial charge is 0.317 e. The fourth-order valence-electron chi connectivity index (χ4n) is 4.72. The topological polar surface area (TPSA) is 50.8 Å². The highest BCUT2D eigenvalue weighted by molar-refractivity contribution is 5.74. The summed E-state index contributed by atoms with van der Waals surface area (Å²) < 4.78 is 11.3. The zero-order valence-corrected chi connectivity index (χ0v) is 15.2. The normalized spacial score (nSPS) is 25.8. The highest BCUT2D eigenvalue weighted by atomic mass is 16.5. The van der Waals surface area contributed by atoms with Gasteiger partial charge in [-0.05, 0) is 42.9 Å². The Morgan fingerprint density at radius 2 is 2.16 bits per heavy atom. The van der Waals surface area contributed by atoms with E-state index in [1.54, 1.807) is 0 Å². The van der Waals surface area contributed by atoms with Crippen LogP contribution in [0.4, 0.5) is 4.79 Å². The predicted octanol–water partition coefficient (Wildman–Crippen LogP) is 3.21. The van der Waals surface area contributed by atoms with Crippen LogP contribution in [-0.4, -0.2) is 36.7 Å². The van der Waals surface area contributed by atoms with Crippen molar-refractivity contribution in [2.24, 2.45) is 5.41 Å². The van der Waals surface area contributed by atoms with E-state index in [1.807, 2.05) is 11.9 Å². The summed E-state index contributed by atoms with van der Waals surface area (Å²) >= 11 is 0. The summed E-state index contributed by atoms with van der Waals surface area (Å²) in [5, 5.41) is 3.08. The summed E-state index contributed by atoms with van der Waals surface area (Å²) in [4.78, 5) is 14.5. The Morgan fingerprint density at radius 3 is 2.88 bits per heavy atom. The summed E-state index contributed by atoms with van der Waals surface area (Å²) in [7, 11) is 1.93. The number of carbonyl (C=O) groups excluding carboxylic acids is 1. The quantitative estimate of drug-likeness (QED) is 0.892. The van der Waals surface area contributed by atoms with Gasteiger partial charge in [-0.15, -0.1) is 0 Å². The molecule has 1 aromatic rings. The van der Waals surface area contributed by atoms with Crippen LogP contribution in [0.25, 0.3) is 0 Å². The van der Waals surface area contributed by atoms with Crippen molar-refractivity contribution < 1.29 is 14.3 Å². The van der Waals surface area contributed by atoms with E-state index in [4.69, 9.17) is 9.47 Å². The molecule has 1 heterocycles. The number of benzene rings is 1. The molecular formula is C20H28N2O3. The van der Waals surface area contributed by atoms with Gasteiger partial charge in [-0.2, -0.15) is 0 Å². The van der Waals surface area contributed by atoms with Gasteiger partial charge in [0.2, 0.25) is 0 Å². The summed E-state index contributed by atoms with van der Waals surface area (Å²) in [5.74, 6) is 0. The van der Waals surface area contributed by atoms with Crippen molar-refractivity contribution in [3.8, 4) is 0 Å². The number of hydrogen-bond acceptors (Lipinski definition) is 3. The first-order chi connectivity index (χ1) is 12.1. The molecule has 2 fully saturated rings. The average Bonchev–Trinajstić information content (AvgIpc) is 3.01. The Hall–Kier alpha value is -1.59. The van der Waals surface area contributed by atoms with E-state index in [0.29, 0.717) is 31.9 Å². The monoisotopic (exact) mass is 344 g/mol. The zero-order valence-electron chi connectivity index (χ0n) is 15.2. The Bertz CT molecular complexity index is 656. The number of ether oxygens (including phenoxy) is 2. The van der Waals surface area contributed by atoms with Crippen molar-refractivity contribution in [1.82, 2.24) is 10.2 Å². The molecule has 1 aliphatic heterocycles. The number of carbonyl (C=O) groups is 1. The second kappa shape index (κ2) is 6.61. The van der Waals surface area contributed by atoms with Crippen molar-refractivity contribution in [1.29, 1.82) is 0 Å². The molecule has 1 aromatic carbocycles. The maximum Gasteiger partial charge on any atom is 0.317 e. The van der Waals surface area contributed by atoms with E-state index >= 15 is 0 Å². The van der Waals surface area contributed by atoms with Gasteiger partial charge in [-0.25, -0.2) is 4.79 Å². The maximum absolute atomic E-state index is 12.6. The van der Waals surface area contributed by atoms with Crippen LogP contribution in [0.5, 0.6) is 0 Å². The lowest BCUT2D eigenvalue weighted by atomic mass is 9.50. The molecule has 2 amide bonds. The summed E-state index contributed by atoms with van der Waals surface area (Å²) in [5.41, 5.74) is 3.85. The number of hydrogen-bond donors (Lipinski definition) is 1. The third-order valence-corrected chi connectivity index (χ3v) is 6.41. The first-order valence-electron chi connectivity index (χ1n) is 9.45. The molecule has 1 spiro atoms. The first-order valence-corrected chi connectivity index (χ1v) is 9.45. The van der Waals surface area contributed by atoms with E-state index in [9.17, 15) is 4.79 Å². The Kier molecular flexibility index (Phi) is 4.46. The Balaban J connectivity index is 1.34. The van der Waals surface area contributed by atoms with Crippen molar-refractivity contribution in [3.63, 3.8) is 0 Å². The molecule has 2 aliphatic carbocycles. The van der Waals surface area contributed by atoms with Crippen molar-refractivity contribution in [2.45, 2.75) is 64.5 Å².